The molecule has 0 aromatic heterocycles. The number of rotatable bonds is 6. The number of nitrogens with two attached hydrogens (primary N) is 1. The molecule has 0 unspecified atom stereocenters. The molecule has 19 heavy (non-hydrogen) atoms. The Labute approximate surface area is 113 Å². The molecular formula is C14H20N2O3. The summed E-state index contributed by atoms with van der Waals surface area (Å²) in [7, 11) is 3.41. The number of benzene rings is 1. The van der Waals surface area contributed by atoms with Crippen LogP contribution < -0.4 is 15.2 Å². The van der Waals surface area contributed by atoms with Gasteiger partial charge in [-0.15, -0.1) is 0 Å². The Bertz CT molecular complexity index is 458. The summed E-state index contributed by atoms with van der Waals surface area (Å²) in [6.07, 6.45) is 2.19. The van der Waals surface area contributed by atoms with Gasteiger partial charge in [0.05, 0.1) is 7.11 Å². The maximum absolute atomic E-state index is 11.9. The van der Waals surface area contributed by atoms with Gasteiger partial charge in [0.25, 0.3) is 5.91 Å². The molecule has 1 fully saturated rings. The Morgan fingerprint density at radius 3 is 2.79 bits per heavy atom. The lowest BCUT2D eigenvalue weighted by Gasteiger charge is -2.17. The van der Waals surface area contributed by atoms with Crippen LogP contribution in [0, 0.1) is 0 Å². The van der Waals surface area contributed by atoms with Gasteiger partial charge >= 0.3 is 0 Å². The topological polar surface area (TPSA) is 64.8 Å². The van der Waals surface area contributed by atoms with E-state index in [-0.39, 0.29) is 12.5 Å². The fourth-order valence-corrected chi connectivity index (χ4v) is 1.87. The molecule has 1 aromatic rings. The number of likely N-dealkylation sites (N-methyl/N-ethyl adjacent to an activating group) is 1. The monoisotopic (exact) mass is 264 g/mol. The Hall–Kier alpha value is -1.75. The SMILES string of the molecule is COc1ccc(CN)c(OCC(=O)N(C)C2CC2)c1. The van der Waals surface area contributed by atoms with Crippen molar-refractivity contribution in [1.29, 1.82) is 0 Å². The molecule has 0 saturated heterocycles. The molecule has 0 bridgehead atoms. The van der Waals surface area contributed by atoms with Crippen molar-refractivity contribution < 1.29 is 14.3 Å². The zero-order valence-electron chi connectivity index (χ0n) is 11.4. The van der Waals surface area contributed by atoms with E-state index in [4.69, 9.17) is 15.2 Å². The molecule has 104 valence electrons. The first-order valence-electron chi connectivity index (χ1n) is 6.41. The average molecular weight is 264 g/mol. The highest BCUT2D eigenvalue weighted by molar-refractivity contribution is 5.78. The van der Waals surface area contributed by atoms with Crippen molar-refractivity contribution in [2.24, 2.45) is 5.73 Å². The maximum Gasteiger partial charge on any atom is 0.260 e. The summed E-state index contributed by atoms with van der Waals surface area (Å²) in [6, 6.07) is 5.83. The number of ether oxygens (including phenoxy) is 2. The van der Waals surface area contributed by atoms with Gasteiger partial charge in [0.2, 0.25) is 0 Å². The van der Waals surface area contributed by atoms with E-state index in [0.29, 0.717) is 24.1 Å². The van der Waals surface area contributed by atoms with Gasteiger partial charge in [-0.1, -0.05) is 6.07 Å². The third kappa shape index (κ3) is 3.38. The first-order chi connectivity index (χ1) is 9.15. The first-order valence-corrected chi connectivity index (χ1v) is 6.41. The number of carbonyl (C=O) groups excluding carboxylic acids is 1. The van der Waals surface area contributed by atoms with Gasteiger partial charge in [0, 0.05) is 31.3 Å². The molecule has 1 aromatic carbocycles. The third-order valence-corrected chi connectivity index (χ3v) is 3.33. The van der Waals surface area contributed by atoms with Crippen LogP contribution in [0.5, 0.6) is 11.5 Å². The molecule has 0 spiro atoms. The van der Waals surface area contributed by atoms with Crippen molar-refractivity contribution in [1.82, 2.24) is 4.90 Å². The van der Waals surface area contributed by atoms with Crippen LogP contribution in [0.15, 0.2) is 18.2 Å². The maximum atomic E-state index is 11.9. The molecule has 0 radical (unpaired) electrons. The number of methoxy groups -OCH3 is 1. The molecule has 0 heterocycles. The fraction of sp³-hybridized carbons (Fsp3) is 0.500. The van der Waals surface area contributed by atoms with Crippen LogP contribution in [0.3, 0.4) is 0 Å². The smallest absolute Gasteiger partial charge is 0.260 e. The molecule has 2 rings (SSSR count). The molecule has 1 aliphatic rings. The summed E-state index contributed by atoms with van der Waals surface area (Å²) in [5.74, 6) is 1.29. The standard InChI is InChI=1S/C14H20N2O3/c1-16(11-4-5-11)14(17)9-19-13-7-12(18-2)6-3-10(13)8-15/h3,6-7,11H,4-5,8-9,15H2,1-2H3. The summed E-state index contributed by atoms with van der Waals surface area (Å²) in [5, 5.41) is 0. The quantitative estimate of drug-likeness (QED) is 0.837. The van der Waals surface area contributed by atoms with Crippen LogP contribution in [-0.2, 0) is 11.3 Å². The Morgan fingerprint density at radius 1 is 1.47 bits per heavy atom. The third-order valence-electron chi connectivity index (χ3n) is 3.33. The van der Waals surface area contributed by atoms with Gasteiger partial charge < -0.3 is 20.1 Å². The normalized spacial score (nSPS) is 14.1. The predicted molar refractivity (Wildman–Crippen MR) is 72.2 cm³/mol. The molecule has 0 atom stereocenters. The van der Waals surface area contributed by atoms with Gasteiger partial charge in [-0.2, -0.15) is 0 Å². The lowest BCUT2D eigenvalue weighted by Crippen LogP contribution is -2.33. The second kappa shape index (κ2) is 5.93. The van der Waals surface area contributed by atoms with Crippen molar-refractivity contribution in [2.45, 2.75) is 25.4 Å². The van der Waals surface area contributed by atoms with Gasteiger partial charge in [-0.05, 0) is 18.9 Å². The largest absolute Gasteiger partial charge is 0.497 e. The van der Waals surface area contributed by atoms with E-state index in [2.05, 4.69) is 0 Å². The molecule has 5 heteroatoms. The molecule has 0 aliphatic heterocycles. The van der Waals surface area contributed by atoms with E-state index in [1.54, 1.807) is 18.1 Å². The number of carbonyl (C=O) groups is 1. The lowest BCUT2D eigenvalue weighted by molar-refractivity contribution is -0.132. The van der Waals surface area contributed by atoms with Crippen molar-refractivity contribution >= 4 is 5.91 Å². The lowest BCUT2D eigenvalue weighted by atomic mass is 10.2. The van der Waals surface area contributed by atoms with Gasteiger partial charge in [-0.3, -0.25) is 4.79 Å². The molecule has 2 N–H and O–H groups in total. The highest BCUT2D eigenvalue weighted by atomic mass is 16.5. The van der Waals surface area contributed by atoms with E-state index >= 15 is 0 Å². The molecular weight excluding hydrogens is 244 g/mol. The molecule has 1 aliphatic carbocycles. The summed E-state index contributed by atoms with van der Waals surface area (Å²) < 4.78 is 10.7. The Morgan fingerprint density at radius 2 is 2.21 bits per heavy atom. The van der Waals surface area contributed by atoms with Crippen LogP contribution in [0.1, 0.15) is 18.4 Å². The average Bonchev–Trinajstić information content (AvgIpc) is 3.28. The summed E-state index contributed by atoms with van der Waals surface area (Å²) in [6.45, 7) is 0.402. The van der Waals surface area contributed by atoms with Crippen LogP contribution in [-0.4, -0.2) is 37.6 Å². The van der Waals surface area contributed by atoms with E-state index in [1.807, 2.05) is 19.2 Å². The van der Waals surface area contributed by atoms with Gasteiger partial charge in [0.15, 0.2) is 6.61 Å². The van der Waals surface area contributed by atoms with E-state index in [9.17, 15) is 4.79 Å². The van der Waals surface area contributed by atoms with Crippen molar-refractivity contribution in [3.05, 3.63) is 23.8 Å². The summed E-state index contributed by atoms with van der Waals surface area (Å²) in [4.78, 5) is 13.6. The highest BCUT2D eigenvalue weighted by Crippen LogP contribution is 2.27. The van der Waals surface area contributed by atoms with Crippen LogP contribution >= 0.6 is 0 Å². The van der Waals surface area contributed by atoms with E-state index < -0.39 is 0 Å². The molecule has 1 saturated carbocycles. The fourth-order valence-electron chi connectivity index (χ4n) is 1.87. The highest BCUT2D eigenvalue weighted by Gasteiger charge is 2.29. The minimum Gasteiger partial charge on any atom is -0.497 e. The predicted octanol–water partition coefficient (Wildman–Crippen LogP) is 1.15. The second-order valence-electron chi connectivity index (χ2n) is 4.70. The minimum absolute atomic E-state index is 0.00621. The van der Waals surface area contributed by atoms with Crippen molar-refractivity contribution in [3.8, 4) is 11.5 Å². The molecule has 5 nitrogen and oxygen atoms in total. The van der Waals surface area contributed by atoms with Crippen LogP contribution in [0.25, 0.3) is 0 Å². The second-order valence-corrected chi connectivity index (χ2v) is 4.70. The number of hydrogen-bond acceptors (Lipinski definition) is 4. The summed E-state index contributed by atoms with van der Waals surface area (Å²) >= 11 is 0. The number of hydrogen-bond donors (Lipinski definition) is 1. The zero-order valence-corrected chi connectivity index (χ0v) is 11.4. The van der Waals surface area contributed by atoms with Gasteiger partial charge in [0.1, 0.15) is 11.5 Å². The summed E-state index contributed by atoms with van der Waals surface area (Å²) in [5.41, 5.74) is 6.51. The van der Waals surface area contributed by atoms with E-state index in [0.717, 1.165) is 18.4 Å². The minimum atomic E-state index is -0.00621. The number of nitrogens with zero attached hydrogens (tertiary/aromatic N) is 1. The molecule has 1 amide bonds. The van der Waals surface area contributed by atoms with Crippen molar-refractivity contribution in [2.75, 3.05) is 20.8 Å². The van der Waals surface area contributed by atoms with Crippen LogP contribution in [0.2, 0.25) is 0 Å². The Kier molecular flexibility index (Phi) is 4.27. The Balaban J connectivity index is 1.99. The zero-order chi connectivity index (χ0) is 13.8. The van der Waals surface area contributed by atoms with Gasteiger partial charge in [-0.25, -0.2) is 0 Å². The first kappa shape index (κ1) is 13.7. The van der Waals surface area contributed by atoms with Crippen LogP contribution in [0.4, 0.5) is 0 Å². The van der Waals surface area contributed by atoms with Crippen molar-refractivity contribution in [3.63, 3.8) is 0 Å². The van der Waals surface area contributed by atoms with E-state index in [1.165, 1.54) is 0 Å². The number of amides is 1.